The third kappa shape index (κ3) is 5.19. The van der Waals surface area contributed by atoms with E-state index in [0.717, 1.165) is 53.9 Å². The molecule has 1 aromatic heterocycles. The number of nitrogens with zero attached hydrogens (tertiary/aromatic N) is 4. The number of azo groups is 1. The van der Waals surface area contributed by atoms with Crippen molar-refractivity contribution in [3.05, 3.63) is 83.7 Å². The molecule has 0 unspecified atom stereocenters. The Morgan fingerprint density at radius 3 is 2.54 bits per heavy atom. The number of nitrogens with one attached hydrogen (secondary N) is 2. The quantitative estimate of drug-likeness (QED) is 0.259. The lowest BCUT2D eigenvalue weighted by atomic mass is 10.1. The number of quaternary nitrogens is 1. The molecule has 1 aliphatic heterocycles. The van der Waals surface area contributed by atoms with Gasteiger partial charge < -0.3 is 20.2 Å². The average molecular weight is 518 g/mol. The third-order valence-corrected chi connectivity index (χ3v) is 7.23. The Bertz CT molecular complexity index is 1480. The molecule has 7 nitrogen and oxygen atoms in total. The van der Waals surface area contributed by atoms with E-state index in [1.807, 2.05) is 73.0 Å². The standard InChI is InChI=1S/C28H29FN6OS/c1-19-8-7-11-23(20(19)2)30-28(37)32-31-26-21-9-3-5-12-24(21)35(27(26)36)18-33-14-16-34(17-15-33)25-13-6-4-10-22(25)29/h3-13,36H,14-18H2,1-2H3,(H,30,37)/p+1. The number of anilines is 2. The van der Waals surface area contributed by atoms with E-state index < -0.39 is 0 Å². The predicted molar refractivity (Wildman–Crippen MR) is 150 cm³/mol. The highest BCUT2D eigenvalue weighted by molar-refractivity contribution is 7.80. The number of aryl methyl sites for hydroxylation is 1. The Kier molecular flexibility index (Phi) is 7.16. The smallest absolute Gasteiger partial charge is 0.225 e. The van der Waals surface area contributed by atoms with Crippen LogP contribution in [-0.4, -0.2) is 41.0 Å². The zero-order valence-corrected chi connectivity index (χ0v) is 21.7. The number of thiocarbonyl (C=S) groups is 1. The normalized spacial score (nSPS) is 14.5. The van der Waals surface area contributed by atoms with Crippen molar-refractivity contribution in [1.82, 2.24) is 4.57 Å². The minimum absolute atomic E-state index is 0.0588. The molecule has 1 fully saturated rings. The van der Waals surface area contributed by atoms with Crippen molar-refractivity contribution in [3.8, 4) is 5.88 Å². The first-order valence-corrected chi connectivity index (χ1v) is 12.8. The van der Waals surface area contributed by atoms with Gasteiger partial charge in [-0.1, -0.05) is 42.5 Å². The summed E-state index contributed by atoms with van der Waals surface area (Å²) in [5, 5.41) is 23.9. The van der Waals surface area contributed by atoms with Crippen molar-refractivity contribution in [2.45, 2.75) is 20.5 Å². The maximum Gasteiger partial charge on any atom is 0.225 e. The molecule has 1 saturated heterocycles. The molecule has 2 heterocycles. The number of aromatic nitrogens is 1. The summed E-state index contributed by atoms with van der Waals surface area (Å²) in [6.07, 6.45) is 0. The number of benzene rings is 3. The van der Waals surface area contributed by atoms with E-state index in [2.05, 4.69) is 20.4 Å². The van der Waals surface area contributed by atoms with E-state index in [0.29, 0.717) is 18.0 Å². The fourth-order valence-electron chi connectivity index (χ4n) is 4.81. The summed E-state index contributed by atoms with van der Waals surface area (Å²) in [4.78, 5) is 3.37. The number of halogens is 1. The first-order valence-electron chi connectivity index (χ1n) is 12.3. The third-order valence-electron chi connectivity index (χ3n) is 7.05. The van der Waals surface area contributed by atoms with Crippen molar-refractivity contribution in [1.29, 1.82) is 0 Å². The molecule has 0 radical (unpaired) electrons. The van der Waals surface area contributed by atoms with Crippen LogP contribution in [0.5, 0.6) is 5.88 Å². The van der Waals surface area contributed by atoms with Crippen molar-refractivity contribution >= 4 is 45.3 Å². The summed E-state index contributed by atoms with van der Waals surface area (Å²) in [6, 6.07) is 20.6. The van der Waals surface area contributed by atoms with Crippen molar-refractivity contribution in [2.24, 2.45) is 10.2 Å². The molecule has 0 saturated carbocycles. The lowest BCUT2D eigenvalue weighted by Gasteiger charge is -2.34. The number of hydrogen-bond acceptors (Lipinski definition) is 4. The molecule has 0 amide bonds. The molecule has 3 aromatic carbocycles. The second kappa shape index (κ2) is 10.7. The van der Waals surface area contributed by atoms with Crippen molar-refractivity contribution in [3.63, 3.8) is 0 Å². The van der Waals surface area contributed by atoms with Gasteiger partial charge in [0.25, 0.3) is 0 Å². The van der Waals surface area contributed by atoms with Gasteiger partial charge in [-0.3, -0.25) is 4.57 Å². The zero-order chi connectivity index (χ0) is 25.9. The Balaban J connectivity index is 1.32. The number of rotatable bonds is 5. The van der Waals surface area contributed by atoms with Crippen molar-refractivity contribution in [2.75, 3.05) is 36.4 Å². The molecule has 0 spiro atoms. The van der Waals surface area contributed by atoms with Crippen LogP contribution in [0.4, 0.5) is 21.5 Å². The number of fused-ring (bicyclic) bond motifs is 1. The molecule has 0 bridgehead atoms. The van der Waals surface area contributed by atoms with Gasteiger partial charge in [-0.15, -0.1) is 10.2 Å². The monoisotopic (exact) mass is 517 g/mol. The highest BCUT2D eigenvalue weighted by atomic mass is 32.1. The molecule has 3 N–H and O–H groups in total. The second-order valence-corrected chi connectivity index (χ2v) is 9.73. The van der Waals surface area contributed by atoms with Crippen LogP contribution in [0.15, 0.2) is 77.0 Å². The molecule has 0 aliphatic carbocycles. The summed E-state index contributed by atoms with van der Waals surface area (Å²) in [5.74, 6) is -0.136. The molecule has 9 heteroatoms. The summed E-state index contributed by atoms with van der Waals surface area (Å²) in [6.45, 7) is 7.75. The van der Waals surface area contributed by atoms with Crippen LogP contribution in [0.3, 0.4) is 0 Å². The van der Waals surface area contributed by atoms with E-state index >= 15 is 0 Å². The lowest BCUT2D eigenvalue weighted by molar-refractivity contribution is -0.923. The van der Waals surface area contributed by atoms with Gasteiger partial charge in [0.1, 0.15) is 5.82 Å². The Morgan fingerprint density at radius 2 is 1.76 bits per heavy atom. The molecule has 0 atom stereocenters. The maximum absolute atomic E-state index is 14.2. The van der Waals surface area contributed by atoms with Crippen LogP contribution in [0, 0.1) is 19.7 Å². The zero-order valence-electron chi connectivity index (χ0n) is 20.9. The van der Waals surface area contributed by atoms with Crippen molar-refractivity contribution < 1.29 is 14.4 Å². The van der Waals surface area contributed by atoms with Gasteiger partial charge in [0.05, 0.1) is 37.4 Å². The minimum Gasteiger partial charge on any atom is -0.493 e. The minimum atomic E-state index is -0.194. The first-order chi connectivity index (χ1) is 17.9. The fraction of sp³-hybridized carbons (Fsp3) is 0.250. The molecular formula is C28H30FN6OS+. The Labute approximate surface area is 220 Å². The van der Waals surface area contributed by atoms with E-state index in [-0.39, 0.29) is 16.8 Å². The Morgan fingerprint density at radius 1 is 1.03 bits per heavy atom. The number of hydrogen-bond donors (Lipinski definition) is 3. The van der Waals surface area contributed by atoms with E-state index in [1.54, 1.807) is 6.07 Å². The highest BCUT2D eigenvalue weighted by Crippen LogP contribution is 2.38. The van der Waals surface area contributed by atoms with Gasteiger partial charge in [-0.2, -0.15) is 0 Å². The number of para-hydroxylation sites is 2. The first kappa shape index (κ1) is 24.9. The van der Waals surface area contributed by atoms with Gasteiger partial charge in [0.15, 0.2) is 12.4 Å². The Hall–Kier alpha value is -3.82. The topological polar surface area (TPSA) is 69.6 Å². The largest absolute Gasteiger partial charge is 0.493 e. The summed E-state index contributed by atoms with van der Waals surface area (Å²) in [5.41, 5.74) is 5.05. The molecular weight excluding hydrogens is 487 g/mol. The average Bonchev–Trinajstić information content (AvgIpc) is 3.17. The summed E-state index contributed by atoms with van der Waals surface area (Å²) < 4.78 is 16.1. The summed E-state index contributed by atoms with van der Waals surface area (Å²) in [7, 11) is 0. The molecule has 190 valence electrons. The van der Waals surface area contributed by atoms with E-state index in [9.17, 15) is 9.50 Å². The maximum atomic E-state index is 14.2. The molecule has 5 rings (SSSR count). The van der Waals surface area contributed by atoms with Crippen LogP contribution >= 0.6 is 12.2 Å². The van der Waals surface area contributed by atoms with Crippen LogP contribution in [0.2, 0.25) is 0 Å². The SMILES string of the molecule is Cc1cccc(NC(=S)N=Nc2c(O)n(C[NH+]3CCN(c4ccccc4F)CC3)c3ccccc23)c1C. The number of piperazine rings is 1. The fourth-order valence-corrected chi connectivity index (χ4v) is 4.96. The highest BCUT2D eigenvalue weighted by Gasteiger charge is 2.25. The van der Waals surface area contributed by atoms with E-state index in [1.165, 1.54) is 11.0 Å². The van der Waals surface area contributed by atoms with E-state index in [4.69, 9.17) is 12.2 Å². The van der Waals surface area contributed by atoms with Gasteiger partial charge in [0, 0.05) is 11.1 Å². The molecule has 1 aliphatic rings. The summed E-state index contributed by atoms with van der Waals surface area (Å²) >= 11 is 5.41. The number of aromatic hydroxyl groups is 1. The predicted octanol–water partition coefficient (Wildman–Crippen LogP) is 4.95. The van der Waals surface area contributed by atoms with Crippen LogP contribution in [0.25, 0.3) is 10.9 Å². The van der Waals surface area contributed by atoms with Gasteiger partial charge in [0.2, 0.25) is 11.0 Å². The molecule has 37 heavy (non-hydrogen) atoms. The van der Waals surface area contributed by atoms with Gasteiger partial charge in [-0.05, 0) is 61.5 Å². The van der Waals surface area contributed by atoms with Gasteiger partial charge >= 0.3 is 0 Å². The molecule has 4 aromatic rings. The van der Waals surface area contributed by atoms with Crippen LogP contribution < -0.4 is 15.1 Å². The second-order valence-electron chi connectivity index (χ2n) is 9.34. The van der Waals surface area contributed by atoms with Crippen LogP contribution in [-0.2, 0) is 6.67 Å². The lowest BCUT2D eigenvalue weighted by Crippen LogP contribution is -3.14. The van der Waals surface area contributed by atoms with Gasteiger partial charge in [-0.25, -0.2) is 4.39 Å². The van der Waals surface area contributed by atoms with Crippen LogP contribution in [0.1, 0.15) is 11.1 Å².